The lowest BCUT2D eigenvalue weighted by molar-refractivity contribution is -0.112. The molecular weight excluding hydrogens is 418 g/mol. The van der Waals surface area contributed by atoms with Crippen molar-refractivity contribution in [2.24, 2.45) is 0 Å². The zero-order valence-corrected chi connectivity index (χ0v) is 16.1. The maximum Gasteiger partial charge on any atom is 0.262 e. The molecule has 0 unspecified atom stereocenters. The van der Waals surface area contributed by atoms with Crippen LogP contribution in [0.3, 0.4) is 0 Å². The normalized spacial score (nSPS) is 15.1. The van der Waals surface area contributed by atoms with E-state index >= 15 is 0 Å². The van der Waals surface area contributed by atoms with Crippen LogP contribution >= 0.6 is 39.5 Å². The van der Waals surface area contributed by atoms with Gasteiger partial charge in [-0.15, -0.1) is 0 Å². The van der Waals surface area contributed by atoms with E-state index in [1.165, 1.54) is 23.5 Å². The SMILES string of the molecule is O=C1Nc2ccccc2S/C1=C\c1cc(Br)c(Sc2ccccc2)o1. The Balaban J connectivity index is 1.60. The van der Waals surface area contributed by atoms with Crippen LogP contribution in [0, 0.1) is 0 Å². The molecule has 1 N–H and O–H groups in total. The van der Waals surface area contributed by atoms with E-state index in [0.29, 0.717) is 10.7 Å². The van der Waals surface area contributed by atoms with Gasteiger partial charge in [0.15, 0.2) is 5.09 Å². The van der Waals surface area contributed by atoms with Gasteiger partial charge in [-0.3, -0.25) is 4.79 Å². The second-order valence-electron chi connectivity index (χ2n) is 5.26. The number of halogens is 1. The number of nitrogens with one attached hydrogen (secondary N) is 1. The van der Waals surface area contributed by atoms with E-state index in [0.717, 1.165) is 25.0 Å². The molecule has 0 atom stereocenters. The van der Waals surface area contributed by atoms with Crippen molar-refractivity contribution in [2.45, 2.75) is 14.9 Å². The molecule has 0 aliphatic carbocycles. The molecule has 0 radical (unpaired) electrons. The smallest absolute Gasteiger partial charge is 0.262 e. The quantitative estimate of drug-likeness (QED) is 0.497. The zero-order valence-electron chi connectivity index (χ0n) is 12.9. The van der Waals surface area contributed by atoms with Crippen molar-refractivity contribution < 1.29 is 9.21 Å². The Morgan fingerprint density at radius 2 is 1.84 bits per heavy atom. The minimum absolute atomic E-state index is 0.117. The Bertz CT molecular complexity index is 967. The fourth-order valence-electron chi connectivity index (χ4n) is 2.34. The van der Waals surface area contributed by atoms with Gasteiger partial charge >= 0.3 is 0 Å². The molecule has 1 amide bonds. The van der Waals surface area contributed by atoms with Crippen LogP contribution < -0.4 is 5.32 Å². The highest BCUT2D eigenvalue weighted by Crippen LogP contribution is 2.40. The monoisotopic (exact) mass is 429 g/mol. The van der Waals surface area contributed by atoms with Crippen LogP contribution in [0.15, 0.2) is 89.3 Å². The van der Waals surface area contributed by atoms with E-state index in [4.69, 9.17) is 4.42 Å². The van der Waals surface area contributed by atoms with Gasteiger partial charge in [-0.2, -0.15) is 0 Å². The fraction of sp³-hybridized carbons (Fsp3) is 0. The Labute approximate surface area is 162 Å². The number of amides is 1. The number of carbonyl (C=O) groups excluding carboxylic acids is 1. The third-order valence-corrected chi connectivity index (χ3v) is 6.43. The van der Waals surface area contributed by atoms with Gasteiger partial charge in [0, 0.05) is 15.9 Å². The first-order valence-corrected chi connectivity index (χ1v) is 9.94. The molecule has 0 saturated carbocycles. The molecule has 3 aromatic rings. The zero-order chi connectivity index (χ0) is 17.2. The predicted octanol–water partition coefficient (Wildman–Crippen LogP) is 6.28. The summed E-state index contributed by atoms with van der Waals surface area (Å²) in [4.78, 5) is 15.0. The molecule has 0 bridgehead atoms. The summed E-state index contributed by atoms with van der Waals surface area (Å²) in [5, 5.41) is 3.67. The molecule has 3 nitrogen and oxygen atoms in total. The topological polar surface area (TPSA) is 42.2 Å². The molecular formula is C19H12BrNO2S2. The molecule has 1 aliphatic heterocycles. The number of rotatable bonds is 3. The van der Waals surface area contributed by atoms with Crippen LogP contribution in [0.1, 0.15) is 5.76 Å². The first kappa shape index (κ1) is 16.6. The second-order valence-corrected chi connectivity index (χ2v) is 8.24. The van der Waals surface area contributed by atoms with Crippen molar-refractivity contribution in [3.63, 3.8) is 0 Å². The lowest BCUT2D eigenvalue weighted by Crippen LogP contribution is -2.16. The van der Waals surface area contributed by atoms with E-state index < -0.39 is 0 Å². The molecule has 124 valence electrons. The number of thioether (sulfide) groups is 1. The van der Waals surface area contributed by atoms with Gasteiger partial charge in [-0.05, 0) is 46.3 Å². The van der Waals surface area contributed by atoms with Gasteiger partial charge < -0.3 is 9.73 Å². The Kier molecular flexibility index (Phi) is 4.74. The van der Waals surface area contributed by atoms with E-state index in [9.17, 15) is 4.79 Å². The number of fused-ring (bicyclic) bond motifs is 1. The minimum atomic E-state index is -0.117. The van der Waals surface area contributed by atoms with Gasteiger partial charge in [-0.25, -0.2) is 0 Å². The molecule has 25 heavy (non-hydrogen) atoms. The van der Waals surface area contributed by atoms with Gasteiger partial charge in [0.2, 0.25) is 0 Å². The molecule has 0 fully saturated rings. The predicted molar refractivity (Wildman–Crippen MR) is 106 cm³/mol. The summed E-state index contributed by atoms with van der Waals surface area (Å²) in [6.45, 7) is 0. The number of benzene rings is 2. The van der Waals surface area contributed by atoms with E-state index in [-0.39, 0.29) is 5.91 Å². The van der Waals surface area contributed by atoms with Crippen molar-refractivity contribution >= 4 is 57.1 Å². The average Bonchev–Trinajstić information content (AvgIpc) is 2.96. The Morgan fingerprint density at radius 3 is 2.68 bits per heavy atom. The van der Waals surface area contributed by atoms with Crippen molar-refractivity contribution in [2.75, 3.05) is 5.32 Å². The van der Waals surface area contributed by atoms with E-state index in [2.05, 4.69) is 21.2 Å². The van der Waals surface area contributed by atoms with Gasteiger partial charge in [0.05, 0.1) is 15.1 Å². The highest BCUT2D eigenvalue weighted by Gasteiger charge is 2.21. The van der Waals surface area contributed by atoms with Crippen molar-refractivity contribution in [3.8, 4) is 0 Å². The van der Waals surface area contributed by atoms with Crippen LogP contribution in [0.25, 0.3) is 6.08 Å². The summed E-state index contributed by atoms with van der Waals surface area (Å²) in [6, 6.07) is 19.6. The van der Waals surface area contributed by atoms with Crippen LogP contribution in [0.5, 0.6) is 0 Å². The average molecular weight is 430 g/mol. The summed E-state index contributed by atoms with van der Waals surface area (Å²) in [6.07, 6.45) is 1.77. The first-order valence-electron chi connectivity index (χ1n) is 7.51. The number of anilines is 1. The summed E-state index contributed by atoms with van der Waals surface area (Å²) >= 11 is 6.51. The number of furan rings is 1. The molecule has 1 aromatic heterocycles. The van der Waals surface area contributed by atoms with Crippen LogP contribution in [-0.2, 0) is 4.79 Å². The molecule has 0 saturated heterocycles. The highest BCUT2D eigenvalue weighted by atomic mass is 79.9. The van der Waals surface area contributed by atoms with Crippen LogP contribution in [0.4, 0.5) is 5.69 Å². The number of hydrogen-bond donors (Lipinski definition) is 1. The fourth-order valence-corrected chi connectivity index (χ4v) is 4.62. The van der Waals surface area contributed by atoms with Crippen molar-refractivity contribution in [1.29, 1.82) is 0 Å². The van der Waals surface area contributed by atoms with Gasteiger partial charge in [0.25, 0.3) is 5.91 Å². The summed E-state index contributed by atoms with van der Waals surface area (Å²) in [7, 11) is 0. The Hall–Kier alpha value is -1.89. The molecule has 0 spiro atoms. The molecule has 6 heteroatoms. The second kappa shape index (κ2) is 7.15. The highest BCUT2D eigenvalue weighted by molar-refractivity contribution is 9.10. The molecule has 1 aliphatic rings. The summed E-state index contributed by atoms with van der Waals surface area (Å²) in [5.74, 6) is 0.524. The molecule has 2 heterocycles. The van der Waals surface area contributed by atoms with Crippen molar-refractivity contribution in [3.05, 3.63) is 75.8 Å². The number of hydrogen-bond acceptors (Lipinski definition) is 4. The summed E-state index contributed by atoms with van der Waals surface area (Å²) in [5.41, 5.74) is 0.843. The molecule has 2 aromatic carbocycles. The lowest BCUT2D eigenvalue weighted by Gasteiger charge is -2.17. The lowest BCUT2D eigenvalue weighted by atomic mass is 10.3. The minimum Gasteiger partial charge on any atom is -0.449 e. The maximum atomic E-state index is 12.3. The van der Waals surface area contributed by atoms with E-state index in [1.54, 1.807) is 6.08 Å². The van der Waals surface area contributed by atoms with Crippen molar-refractivity contribution in [1.82, 2.24) is 0 Å². The van der Waals surface area contributed by atoms with Gasteiger partial charge in [0.1, 0.15) is 5.76 Å². The number of carbonyl (C=O) groups is 1. The third-order valence-electron chi connectivity index (χ3n) is 3.48. The summed E-state index contributed by atoms with van der Waals surface area (Å²) < 4.78 is 6.77. The third kappa shape index (κ3) is 3.71. The standard InChI is InChI=1S/C19H12BrNO2S2/c20-14-10-12(23-19(14)24-13-6-2-1-3-7-13)11-17-18(22)21-15-8-4-5-9-16(15)25-17/h1-11H,(H,21,22)/b17-11-. The molecule has 4 rings (SSSR count). The Morgan fingerprint density at radius 1 is 1.08 bits per heavy atom. The van der Waals surface area contributed by atoms with E-state index in [1.807, 2.05) is 60.7 Å². The largest absolute Gasteiger partial charge is 0.449 e. The van der Waals surface area contributed by atoms with Crippen LogP contribution in [-0.4, -0.2) is 5.91 Å². The number of para-hydroxylation sites is 1. The first-order chi connectivity index (χ1) is 12.2. The maximum absolute atomic E-state index is 12.3. The van der Waals surface area contributed by atoms with Crippen LogP contribution in [0.2, 0.25) is 0 Å². The van der Waals surface area contributed by atoms with Gasteiger partial charge in [-0.1, -0.05) is 53.9 Å².